The molecular formula is C22H30N4O7. The summed E-state index contributed by atoms with van der Waals surface area (Å²) < 4.78 is 0. The van der Waals surface area contributed by atoms with Crippen LogP contribution in [-0.2, 0) is 30.4 Å². The van der Waals surface area contributed by atoms with Crippen LogP contribution in [0.3, 0.4) is 0 Å². The third-order valence-electron chi connectivity index (χ3n) is 4.35. The van der Waals surface area contributed by atoms with E-state index in [4.69, 9.17) is 10.8 Å². The zero-order valence-corrected chi connectivity index (χ0v) is 18.6. The second-order valence-electron chi connectivity index (χ2n) is 7.77. The van der Waals surface area contributed by atoms with E-state index < -0.39 is 36.3 Å². The van der Waals surface area contributed by atoms with Crippen molar-refractivity contribution in [3.8, 4) is 5.75 Å². The van der Waals surface area contributed by atoms with Gasteiger partial charge in [0.1, 0.15) is 24.0 Å². The summed E-state index contributed by atoms with van der Waals surface area (Å²) in [7, 11) is 0. The van der Waals surface area contributed by atoms with Gasteiger partial charge in [-0.05, 0) is 42.5 Å². The van der Waals surface area contributed by atoms with E-state index in [1.165, 1.54) is 12.1 Å². The van der Waals surface area contributed by atoms with Gasteiger partial charge in [-0.3, -0.25) is 24.0 Å². The first-order chi connectivity index (χ1) is 15.5. The number of carbonyl (C=O) groups is 5. The highest BCUT2D eigenvalue weighted by atomic mass is 16.4. The van der Waals surface area contributed by atoms with E-state index in [2.05, 4.69) is 16.0 Å². The maximum absolute atomic E-state index is 12.8. The number of nitrogens with one attached hydrogen (secondary N) is 3. The van der Waals surface area contributed by atoms with Crippen molar-refractivity contribution in [2.45, 2.75) is 45.6 Å². The lowest BCUT2D eigenvalue weighted by atomic mass is 10.0. The molecule has 0 aromatic heterocycles. The van der Waals surface area contributed by atoms with Crippen LogP contribution in [0.5, 0.6) is 5.75 Å². The number of benzene rings is 1. The average molecular weight is 463 g/mol. The summed E-state index contributed by atoms with van der Waals surface area (Å²) in [6.07, 6.45) is 1.48. The number of carbonyl (C=O) groups excluding carboxylic acids is 4. The molecule has 0 unspecified atom stereocenters. The van der Waals surface area contributed by atoms with Gasteiger partial charge < -0.3 is 31.9 Å². The van der Waals surface area contributed by atoms with Gasteiger partial charge in [0.25, 0.3) is 5.91 Å². The number of phenolic OH excluding ortho intramolecular Hbond substituents is 1. The van der Waals surface area contributed by atoms with Gasteiger partial charge in [0.2, 0.25) is 17.7 Å². The van der Waals surface area contributed by atoms with Crippen molar-refractivity contribution in [3.05, 3.63) is 41.6 Å². The van der Waals surface area contributed by atoms with Crippen LogP contribution in [0.15, 0.2) is 36.0 Å². The predicted octanol–water partition coefficient (Wildman–Crippen LogP) is -0.0680. The Kier molecular flexibility index (Phi) is 11.1. The Bertz CT molecular complexity index is 895. The maximum atomic E-state index is 12.8. The molecule has 0 fully saturated rings. The fourth-order valence-corrected chi connectivity index (χ4v) is 2.76. The zero-order chi connectivity index (χ0) is 25.0. The van der Waals surface area contributed by atoms with Crippen molar-refractivity contribution in [1.82, 2.24) is 16.0 Å². The van der Waals surface area contributed by atoms with Crippen molar-refractivity contribution in [3.63, 3.8) is 0 Å². The van der Waals surface area contributed by atoms with E-state index in [0.29, 0.717) is 6.42 Å². The minimum atomic E-state index is -1.29. The third kappa shape index (κ3) is 11.3. The van der Waals surface area contributed by atoms with E-state index >= 15 is 0 Å². The monoisotopic (exact) mass is 462 g/mol. The molecule has 1 aromatic rings. The lowest BCUT2D eigenvalue weighted by Crippen LogP contribution is -2.49. The van der Waals surface area contributed by atoms with Gasteiger partial charge in [0.15, 0.2) is 0 Å². The third-order valence-corrected chi connectivity index (χ3v) is 4.35. The van der Waals surface area contributed by atoms with Gasteiger partial charge >= 0.3 is 5.97 Å². The number of carboxylic acids is 1. The minimum absolute atomic E-state index is 0.0250. The molecule has 1 rings (SSSR count). The molecule has 1 atom stereocenters. The summed E-state index contributed by atoms with van der Waals surface area (Å²) in [6.45, 7) is 3.02. The number of aromatic hydroxyl groups is 1. The second kappa shape index (κ2) is 13.5. The first kappa shape index (κ1) is 27.1. The SMILES string of the molecule is CC(C)C[C@H](NC(=O)CCc1ccc(O)cc1)C(=O)N/C(=C\CC(N)=O)C(=O)NCC(=O)O. The van der Waals surface area contributed by atoms with Crippen molar-refractivity contribution >= 4 is 29.6 Å². The number of nitrogens with two attached hydrogens (primary N) is 1. The Morgan fingerprint density at radius 1 is 1.09 bits per heavy atom. The van der Waals surface area contributed by atoms with Crippen LogP contribution in [0.1, 0.15) is 38.7 Å². The molecular weight excluding hydrogens is 432 g/mol. The van der Waals surface area contributed by atoms with Gasteiger partial charge in [-0.2, -0.15) is 0 Å². The number of hydrogen-bond donors (Lipinski definition) is 6. The van der Waals surface area contributed by atoms with Crippen LogP contribution < -0.4 is 21.7 Å². The zero-order valence-electron chi connectivity index (χ0n) is 18.6. The molecule has 11 heteroatoms. The lowest BCUT2D eigenvalue weighted by Gasteiger charge is -2.21. The molecule has 0 heterocycles. The largest absolute Gasteiger partial charge is 0.508 e. The van der Waals surface area contributed by atoms with Gasteiger partial charge in [0, 0.05) is 12.8 Å². The number of rotatable bonds is 13. The quantitative estimate of drug-likeness (QED) is 0.221. The summed E-state index contributed by atoms with van der Waals surface area (Å²) >= 11 is 0. The molecule has 0 bridgehead atoms. The van der Waals surface area contributed by atoms with Crippen molar-refractivity contribution in [1.29, 1.82) is 0 Å². The summed E-state index contributed by atoms with van der Waals surface area (Å²) in [4.78, 5) is 59.2. The Hall–Kier alpha value is -3.89. The van der Waals surface area contributed by atoms with Crippen LogP contribution in [0.4, 0.5) is 0 Å². The molecule has 0 radical (unpaired) electrons. The summed E-state index contributed by atoms with van der Waals surface area (Å²) in [5.74, 6) is -3.89. The number of amides is 4. The lowest BCUT2D eigenvalue weighted by molar-refractivity contribution is -0.137. The van der Waals surface area contributed by atoms with Crippen LogP contribution in [0.25, 0.3) is 0 Å². The summed E-state index contributed by atoms with van der Waals surface area (Å²) in [5, 5.41) is 25.1. The van der Waals surface area contributed by atoms with Crippen LogP contribution in [-0.4, -0.2) is 52.4 Å². The second-order valence-corrected chi connectivity index (χ2v) is 7.77. The normalized spacial score (nSPS) is 12.0. The molecule has 0 aliphatic rings. The van der Waals surface area contributed by atoms with Crippen molar-refractivity contribution in [2.75, 3.05) is 6.54 Å². The molecule has 1 aromatic carbocycles. The first-order valence-corrected chi connectivity index (χ1v) is 10.3. The summed E-state index contributed by atoms with van der Waals surface area (Å²) in [6, 6.07) is 5.43. The predicted molar refractivity (Wildman–Crippen MR) is 118 cm³/mol. The molecule has 0 aliphatic carbocycles. The van der Waals surface area contributed by atoms with Gasteiger partial charge in [0.05, 0.1) is 0 Å². The molecule has 0 spiro atoms. The van der Waals surface area contributed by atoms with Gasteiger partial charge in [-0.15, -0.1) is 0 Å². The summed E-state index contributed by atoms with van der Waals surface area (Å²) in [5.41, 5.74) is 5.57. The van der Waals surface area contributed by atoms with Gasteiger partial charge in [-0.1, -0.05) is 26.0 Å². The highest BCUT2D eigenvalue weighted by Crippen LogP contribution is 2.12. The fourth-order valence-electron chi connectivity index (χ4n) is 2.76. The molecule has 11 nitrogen and oxygen atoms in total. The van der Waals surface area contributed by atoms with Crippen molar-refractivity contribution < 1.29 is 34.2 Å². The van der Waals surface area contributed by atoms with Crippen LogP contribution in [0.2, 0.25) is 0 Å². The molecule has 7 N–H and O–H groups in total. The van der Waals surface area contributed by atoms with Crippen LogP contribution >= 0.6 is 0 Å². The molecule has 180 valence electrons. The average Bonchev–Trinajstić information content (AvgIpc) is 2.73. The van der Waals surface area contributed by atoms with E-state index in [1.807, 2.05) is 13.8 Å². The molecule has 0 saturated carbocycles. The van der Waals surface area contributed by atoms with Crippen molar-refractivity contribution in [2.24, 2.45) is 11.7 Å². The number of carboxylic acid groups (broad SMARTS) is 1. The maximum Gasteiger partial charge on any atom is 0.322 e. The number of aliphatic carboxylic acids is 1. The highest BCUT2D eigenvalue weighted by Gasteiger charge is 2.24. The van der Waals surface area contributed by atoms with E-state index in [-0.39, 0.29) is 42.5 Å². The topological polar surface area (TPSA) is 188 Å². The van der Waals surface area contributed by atoms with E-state index in [1.54, 1.807) is 12.1 Å². The number of hydrogen-bond acceptors (Lipinski definition) is 6. The van der Waals surface area contributed by atoms with E-state index in [0.717, 1.165) is 11.6 Å². The fraction of sp³-hybridized carbons (Fsp3) is 0.409. The van der Waals surface area contributed by atoms with E-state index in [9.17, 15) is 29.1 Å². The van der Waals surface area contributed by atoms with Crippen LogP contribution in [0, 0.1) is 5.92 Å². The highest BCUT2D eigenvalue weighted by molar-refractivity contribution is 6.00. The number of aryl methyl sites for hydroxylation is 1. The Morgan fingerprint density at radius 3 is 2.27 bits per heavy atom. The minimum Gasteiger partial charge on any atom is -0.508 e. The Balaban J connectivity index is 2.86. The molecule has 0 aliphatic heterocycles. The van der Waals surface area contributed by atoms with Gasteiger partial charge in [-0.25, -0.2) is 0 Å². The molecule has 0 saturated heterocycles. The molecule has 4 amide bonds. The Labute approximate surface area is 191 Å². The standard InChI is InChI=1S/C22H30N4O7/c1-13(2)11-17(25-19(29)10-5-14-3-6-15(27)7-4-14)22(33)26-16(8-9-18(23)28)21(32)24-12-20(30)31/h3-4,6-8,13,17,27H,5,9-12H2,1-2H3,(H2,23,28)(H,24,32)(H,25,29)(H,26,33)(H,30,31)/b16-8-/t17-/m0/s1. The Morgan fingerprint density at radius 2 is 1.73 bits per heavy atom. The number of primary amides is 1. The first-order valence-electron chi connectivity index (χ1n) is 10.3. The molecule has 33 heavy (non-hydrogen) atoms. The number of phenols is 1. The smallest absolute Gasteiger partial charge is 0.322 e.